The first kappa shape index (κ1) is 19.0. The van der Waals surface area contributed by atoms with Crippen molar-refractivity contribution in [3.05, 3.63) is 80.5 Å². The maximum absolute atomic E-state index is 13.0. The fourth-order valence-electron chi connectivity index (χ4n) is 3.32. The summed E-state index contributed by atoms with van der Waals surface area (Å²) >= 11 is 1.30. The van der Waals surface area contributed by atoms with E-state index >= 15 is 0 Å². The van der Waals surface area contributed by atoms with Crippen LogP contribution in [0.4, 0.5) is 0 Å². The molecule has 5 nitrogen and oxygen atoms in total. The molecule has 0 atom stereocenters. The van der Waals surface area contributed by atoms with Crippen LogP contribution in [0.15, 0.2) is 63.1 Å². The largest absolute Gasteiger partial charge is 0.497 e. The first-order valence-corrected chi connectivity index (χ1v) is 9.84. The van der Waals surface area contributed by atoms with Crippen LogP contribution in [-0.2, 0) is 0 Å². The number of carbonyl (C=O) groups excluding carboxylic acids is 1. The van der Waals surface area contributed by atoms with Gasteiger partial charge in [-0.3, -0.25) is 4.79 Å². The van der Waals surface area contributed by atoms with Crippen LogP contribution in [0.2, 0.25) is 0 Å². The highest BCUT2D eigenvalue weighted by Gasteiger charge is 2.19. The molecule has 4 aromatic rings. The lowest BCUT2D eigenvalue weighted by molar-refractivity contribution is 0.0742. The van der Waals surface area contributed by atoms with E-state index < -0.39 is 5.97 Å². The molecule has 29 heavy (non-hydrogen) atoms. The zero-order chi connectivity index (χ0) is 20.5. The Morgan fingerprint density at radius 2 is 1.69 bits per heavy atom. The van der Waals surface area contributed by atoms with Crippen molar-refractivity contribution in [3.63, 3.8) is 0 Å². The highest BCUT2D eigenvalue weighted by Crippen LogP contribution is 2.34. The molecule has 0 radical (unpaired) electrons. The molecular weight excluding hydrogens is 388 g/mol. The van der Waals surface area contributed by atoms with E-state index in [9.17, 15) is 9.59 Å². The molecule has 0 amide bonds. The number of carbonyl (C=O) groups is 1. The van der Waals surface area contributed by atoms with E-state index in [1.807, 2.05) is 29.6 Å². The second kappa shape index (κ2) is 7.56. The maximum Gasteiger partial charge on any atom is 0.353 e. The smallest absolute Gasteiger partial charge is 0.353 e. The van der Waals surface area contributed by atoms with E-state index in [1.165, 1.54) is 17.4 Å². The molecule has 4 rings (SSSR count). The number of esters is 1. The van der Waals surface area contributed by atoms with Gasteiger partial charge in [0, 0.05) is 0 Å². The molecule has 0 saturated heterocycles. The minimum Gasteiger partial charge on any atom is -0.497 e. The standard InChI is InChI=1S/C23H18O5S/c1-13-21-18(24)11-16(15-6-8-17(26-3)9-7-15)12-19(22(21)14(2)27-13)28-23(25)20-5-4-10-29-20/h4-12H,1-3H3. The number of hydrogen-bond acceptors (Lipinski definition) is 6. The van der Waals surface area contributed by atoms with Gasteiger partial charge in [0.2, 0.25) is 0 Å². The first-order chi connectivity index (χ1) is 14.0. The van der Waals surface area contributed by atoms with Gasteiger partial charge in [-0.2, -0.15) is 0 Å². The lowest BCUT2D eigenvalue weighted by Gasteiger charge is -2.05. The van der Waals surface area contributed by atoms with E-state index in [0.717, 1.165) is 5.56 Å². The van der Waals surface area contributed by atoms with Crippen molar-refractivity contribution in [2.24, 2.45) is 0 Å². The highest BCUT2D eigenvalue weighted by molar-refractivity contribution is 7.12. The normalized spacial score (nSPS) is 10.9. The summed E-state index contributed by atoms with van der Waals surface area (Å²) in [6, 6.07) is 14.1. The molecule has 0 aliphatic rings. The average Bonchev–Trinajstić information content (AvgIpc) is 3.31. The maximum atomic E-state index is 13.0. The molecule has 0 spiro atoms. The van der Waals surface area contributed by atoms with Crippen LogP contribution in [-0.4, -0.2) is 13.1 Å². The minimum absolute atomic E-state index is 0.196. The fourth-order valence-corrected chi connectivity index (χ4v) is 3.92. The molecule has 146 valence electrons. The van der Waals surface area contributed by atoms with Gasteiger partial charge in [-0.15, -0.1) is 11.3 Å². The van der Waals surface area contributed by atoms with Crippen LogP contribution in [0.3, 0.4) is 0 Å². The van der Waals surface area contributed by atoms with Gasteiger partial charge in [-0.05, 0) is 60.7 Å². The minimum atomic E-state index is -0.473. The van der Waals surface area contributed by atoms with Crippen LogP contribution in [0.5, 0.6) is 11.5 Å². The quantitative estimate of drug-likeness (QED) is 0.427. The van der Waals surface area contributed by atoms with Crippen molar-refractivity contribution in [2.45, 2.75) is 13.8 Å². The number of rotatable bonds is 4. The molecule has 0 aliphatic heterocycles. The van der Waals surface area contributed by atoms with E-state index in [2.05, 4.69) is 0 Å². The number of hydrogen-bond donors (Lipinski definition) is 0. The Labute approximate surface area is 171 Å². The van der Waals surface area contributed by atoms with Crippen LogP contribution in [0.25, 0.3) is 21.9 Å². The predicted molar refractivity (Wildman–Crippen MR) is 113 cm³/mol. The Morgan fingerprint density at radius 3 is 2.34 bits per heavy atom. The van der Waals surface area contributed by atoms with Gasteiger partial charge in [0.1, 0.15) is 27.9 Å². The third kappa shape index (κ3) is 3.54. The Morgan fingerprint density at radius 1 is 0.966 bits per heavy atom. The third-order valence-electron chi connectivity index (χ3n) is 4.67. The molecule has 0 aliphatic carbocycles. The number of thiophene rings is 1. The fraction of sp³-hybridized carbons (Fsp3) is 0.130. The molecule has 0 unspecified atom stereocenters. The second-order valence-electron chi connectivity index (χ2n) is 6.53. The molecule has 6 heteroatoms. The van der Waals surface area contributed by atoms with Gasteiger partial charge in [-0.1, -0.05) is 18.2 Å². The van der Waals surface area contributed by atoms with E-state index in [-0.39, 0.29) is 5.43 Å². The van der Waals surface area contributed by atoms with E-state index in [1.54, 1.807) is 39.2 Å². The molecule has 2 heterocycles. The number of aryl methyl sites for hydroxylation is 2. The summed E-state index contributed by atoms with van der Waals surface area (Å²) in [5, 5.41) is 2.73. The number of ether oxygens (including phenoxy) is 2. The van der Waals surface area contributed by atoms with Crippen molar-refractivity contribution >= 4 is 28.1 Å². The van der Waals surface area contributed by atoms with Gasteiger partial charge in [0.15, 0.2) is 5.43 Å². The summed E-state index contributed by atoms with van der Waals surface area (Å²) in [6.07, 6.45) is 0. The van der Waals surface area contributed by atoms with Crippen LogP contribution < -0.4 is 14.9 Å². The Kier molecular flexibility index (Phi) is 4.94. The molecule has 0 fully saturated rings. The van der Waals surface area contributed by atoms with Gasteiger partial charge in [-0.25, -0.2) is 4.79 Å². The molecule has 2 aromatic carbocycles. The van der Waals surface area contributed by atoms with Crippen molar-refractivity contribution in [1.82, 2.24) is 0 Å². The van der Waals surface area contributed by atoms with Gasteiger partial charge < -0.3 is 13.9 Å². The molecule has 0 saturated carbocycles. The van der Waals surface area contributed by atoms with Crippen LogP contribution in [0, 0.1) is 13.8 Å². The zero-order valence-electron chi connectivity index (χ0n) is 16.1. The lowest BCUT2D eigenvalue weighted by atomic mass is 10.1. The number of benzene rings is 1. The Bertz CT molecular complexity index is 1250. The first-order valence-electron chi connectivity index (χ1n) is 8.96. The number of fused-ring (bicyclic) bond motifs is 1. The van der Waals surface area contributed by atoms with Crippen molar-refractivity contribution in [1.29, 1.82) is 0 Å². The van der Waals surface area contributed by atoms with Crippen LogP contribution in [0.1, 0.15) is 21.2 Å². The predicted octanol–water partition coefficient (Wildman–Crippen LogP) is 5.37. The topological polar surface area (TPSA) is 65.7 Å². The highest BCUT2D eigenvalue weighted by atomic mass is 32.1. The van der Waals surface area contributed by atoms with E-state index in [4.69, 9.17) is 13.9 Å². The molecular formula is C23H18O5S. The van der Waals surface area contributed by atoms with Gasteiger partial charge in [0.05, 0.1) is 17.9 Å². The number of methoxy groups -OCH3 is 1. The third-order valence-corrected chi connectivity index (χ3v) is 5.52. The van der Waals surface area contributed by atoms with Crippen LogP contribution >= 0.6 is 11.3 Å². The Hall–Kier alpha value is -3.38. The summed E-state index contributed by atoms with van der Waals surface area (Å²) in [7, 11) is 1.59. The van der Waals surface area contributed by atoms with Gasteiger partial charge >= 0.3 is 5.97 Å². The summed E-state index contributed by atoms with van der Waals surface area (Å²) in [6.45, 7) is 3.49. The summed E-state index contributed by atoms with van der Waals surface area (Å²) in [5.41, 5.74) is 1.25. The average molecular weight is 406 g/mol. The zero-order valence-corrected chi connectivity index (χ0v) is 17.0. The van der Waals surface area contributed by atoms with Crippen molar-refractivity contribution in [2.75, 3.05) is 7.11 Å². The summed E-state index contributed by atoms with van der Waals surface area (Å²) in [4.78, 5) is 26.1. The molecule has 0 bridgehead atoms. The summed E-state index contributed by atoms with van der Waals surface area (Å²) in [5.74, 6) is 1.55. The Balaban J connectivity index is 1.94. The molecule has 2 aromatic heterocycles. The summed E-state index contributed by atoms with van der Waals surface area (Å²) < 4.78 is 16.6. The molecule has 0 N–H and O–H groups in total. The van der Waals surface area contributed by atoms with Crippen molar-refractivity contribution < 1.29 is 18.7 Å². The SMILES string of the molecule is COc1ccc(-c2cc(OC(=O)c3cccs3)c3c(C)oc(C)c3c(=O)c2)cc1. The number of furan rings is 1. The van der Waals surface area contributed by atoms with Gasteiger partial charge in [0.25, 0.3) is 0 Å². The lowest BCUT2D eigenvalue weighted by Crippen LogP contribution is -2.06. The monoisotopic (exact) mass is 406 g/mol. The second-order valence-corrected chi connectivity index (χ2v) is 7.48. The van der Waals surface area contributed by atoms with Crippen molar-refractivity contribution in [3.8, 4) is 22.6 Å². The van der Waals surface area contributed by atoms with E-state index in [0.29, 0.717) is 44.2 Å².